The molecule has 0 bridgehead atoms. The van der Waals surface area contributed by atoms with E-state index >= 15 is 0 Å². The molecule has 168 valence electrons. The molecular formula is C22H24N4O5S. The number of benzene rings is 1. The minimum atomic E-state index is -0.379. The summed E-state index contributed by atoms with van der Waals surface area (Å²) in [5.41, 5.74) is 0.662. The van der Waals surface area contributed by atoms with Crippen LogP contribution in [0.25, 0.3) is 10.2 Å². The number of rotatable bonds is 6. The second-order valence-corrected chi connectivity index (χ2v) is 8.52. The van der Waals surface area contributed by atoms with Gasteiger partial charge >= 0.3 is 0 Å². The topological polar surface area (TPSA) is 103 Å². The van der Waals surface area contributed by atoms with Crippen LogP contribution in [0, 0.1) is 6.92 Å². The van der Waals surface area contributed by atoms with Crippen molar-refractivity contribution in [2.75, 3.05) is 32.6 Å². The summed E-state index contributed by atoms with van der Waals surface area (Å²) >= 11 is 1.14. The number of hydrogen-bond acceptors (Lipinski definition) is 7. The number of amides is 2. The van der Waals surface area contributed by atoms with Gasteiger partial charge in [0.05, 0.1) is 36.5 Å². The molecule has 0 radical (unpaired) electrons. The Kier molecular flexibility index (Phi) is 6.13. The van der Waals surface area contributed by atoms with Gasteiger partial charge < -0.3 is 19.7 Å². The maximum atomic E-state index is 13.1. The van der Waals surface area contributed by atoms with Gasteiger partial charge in [-0.25, -0.2) is 4.98 Å². The van der Waals surface area contributed by atoms with E-state index in [1.807, 2.05) is 0 Å². The van der Waals surface area contributed by atoms with Crippen LogP contribution in [-0.2, 0) is 11.3 Å². The number of carbonyl (C=O) groups excluding carboxylic acids is 2. The van der Waals surface area contributed by atoms with E-state index in [9.17, 15) is 14.4 Å². The number of methoxy groups -OCH3 is 2. The third-order valence-electron chi connectivity index (χ3n) is 5.54. The van der Waals surface area contributed by atoms with Crippen molar-refractivity contribution < 1.29 is 19.1 Å². The average molecular weight is 457 g/mol. The summed E-state index contributed by atoms with van der Waals surface area (Å²) < 4.78 is 11.9. The molecule has 0 spiro atoms. The van der Waals surface area contributed by atoms with Crippen LogP contribution in [0.4, 0.5) is 5.69 Å². The van der Waals surface area contributed by atoms with E-state index in [-0.39, 0.29) is 23.9 Å². The van der Waals surface area contributed by atoms with Crippen LogP contribution in [-0.4, -0.2) is 53.6 Å². The highest BCUT2D eigenvalue weighted by molar-refractivity contribution is 7.20. The SMILES string of the molecule is COc1ccc(OC)c(NC(=O)c2sc3ncn(CC(=O)N4CCCC4)c(=O)c3c2C)c1. The lowest BCUT2D eigenvalue weighted by Crippen LogP contribution is -2.34. The van der Waals surface area contributed by atoms with Crippen molar-refractivity contribution in [3.05, 3.63) is 45.3 Å². The lowest BCUT2D eigenvalue weighted by molar-refractivity contribution is -0.130. The van der Waals surface area contributed by atoms with E-state index in [4.69, 9.17) is 9.47 Å². The predicted molar refractivity (Wildman–Crippen MR) is 122 cm³/mol. The number of anilines is 1. The maximum absolute atomic E-state index is 13.1. The molecule has 3 heterocycles. The Bertz CT molecular complexity index is 1240. The molecule has 1 aliphatic rings. The van der Waals surface area contributed by atoms with Crippen LogP contribution in [0.3, 0.4) is 0 Å². The minimum Gasteiger partial charge on any atom is -0.497 e. The van der Waals surface area contributed by atoms with Crippen molar-refractivity contribution in [2.24, 2.45) is 0 Å². The minimum absolute atomic E-state index is 0.0560. The number of carbonyl (C=O) groups is 2. The first-order chi connectivity index (χ1) is 15.4. The third-order valence-corrected chi connectivity index (χ3v) is 6.74. The van der Waals surface area contributed by atoms with Gasteiger partial charge in [-0.15, -0.1) is 11.3 Å². The number of fused-ring (bicyclic) bond motifs is 1. The molecule has 9 nitrogen and oxygen atoms in total. The van der Waals surface area contributed by atoms with E-state index in [1.165, 1.54) is 25.1 Å². The molecule has 0 atom stereocenters. The Labute approximate surface area is 188 Å². The molecule has 1 fully saturated rings. The smallest absolute Gasteiger partial charge is 0.266 e. The molecule has 2 amide bonds. The van der Waals surface area contributed by atoms with Gasteiger partial charge in [-0.05, 0) is 37.5 Å². The number of nitrogens with one attached hydrogen (secondary N) is 1. The van der Waals surface area contributed by atoms with Gasteiger partial charge in [0, 0.05) is 19.2 Å². The monoisotopic (exact) mass is 456 g/mol. The standard InChI is InChI=1S/C22H24N4O5S/c1-13-18-21(23-12-26(22(18)29)11-17(27)25-8-4-5-9-25)32-19(13)20(28)24-15-10-14(30-2)6-7-16(15)31-3/h6-7,10,12H,4-5,8-9,11H2,1-3H3,(H,24,28). The highest BCUT2D eigenvalue weighted by Crippen LogP contribution is 2.32. The average Bonchev–Trinajstić information content (AvgIpc) is 3.44. The lowest BCUT2D eigenvalue weighted by Gasteiger charge is -2.15. The van der Waals surface area contributed by atoms with E-state index in [2.05, 4.69) is 10.3 Å². The van der Waals surface area contributed by atoms with E-state index < -0.39 is 0 Å². The second-order valence-electron chi connectivity index (χ2n) is 7.52. The van der Waals surface area contributed by atoms with Crippen LogP contribution in [0.2, 0.25) is 0 Å². The molecule has 1 saturated heterocycles. The summed E-state index contributed by atoms with van der Waals surface area (Å²) in [7, 11) is 3.05. The molecule has 32 heavy (non-hydrogen) atoms. The highest BCUT2D eigenvalue weighted by Gasteiger charge is 2.23. The molecule has 0 unspecified atom stereocenters. The van der Waals surface area contributed by atoms with E-state index in [1.54, 1.807) is 30.0 Å². The Hall–Kier alpha value is -3.40. The summed E-state index contributed by atoms with van der Waals surface area (Å²) in [5, 5.41) is 3.18. The molecule has 0 aliphatic carbocycles. The quantitative estimate of drug-likeness (QED) is 0.612. The zero-order chi connectivity index (χ0) is 22.8. The fourth-order valence-electron chi connectivity index (χ4n) is 3.79. The Balaban J connectivity index is 1.63. The van der Waals surface area contributed by atoms with Gasteiger partial charge in [-0.3, -0.25) is 19.0 Å². The summed E-state index contributed by atoms with van der Waals surface area (Å²) in [5.74, 6) is 0.582. The molecule has 3 aromatic rings. The molecule has 4 rings (SSSR count). The summed E-state index contributed by atoms with van der Waals surface area (Å²) in [6.45, 7) is 3.10. The first-order valence-electron chi connectivity index (χ1n) is 10.2. The molecular weight excluding hydrogens is 432 g/mol. The van der Waals surface area contributed by atoms with Crippen molar-refractivity contribution in [2.45, 2.75) is 26.3 Å². The molecule has 1 aromatic carbocycles. The van der Waals surface area contributed by atoms with Gasteiger partial charge in [0.1, 0.15) is 22.9 Å². The van der Waals surface area contributed by atoms with Crippen molar-refractivity contribution in [1.29, 1.82) is 0 Å². The first kappa shape index (κ1) is 21.8. The van der Waals surface area contributed by atoms with E-state index in [0.29, 0.717) is 37.8 Å². The fourth-order valence-corrected chi connectivity index (χ4v) is 4.83. The number of ether oxygens (including phenoxy) is 2. The third kappa shape index (κ3) is 4.05. The van der Waals surface area contributed by atoms with Crippen LogP contribution < -0.4 is 20.3 Å². The van der Waals surface area contributed by atoms with Gasteiger partial charge in [0.15, 0.2) is 0 Å². The maximum Gasteiger partial charge on any atom is 0.266 e. The molecule has 1 aliphatic heterocycles. The molecule has 1 N–H and O–H groups in total. The number of aryl methyl sites for hydroxylation is 1. The number of thiophene rings is 1. The van der Waals surface area contributed by atoms with Crippen molar-refractivity contribution in [1.82, 2.24) is 14.5 Å². The van der Waals surface area contributed by atoms with Gasteiger partial charge in [0.25, 0.3) is 11.5 Å². The number of aromatic nitrogens is 2. The Morgan fingerprint density at radius 3 is 2.62 bits per heavy atom. The predicted octanol–water partition coefficient (Wildman–Crippen LogP) is 2.66. The van der Waals surface area contributed by atoms with Crippen LogP contribution in [0.5, 0.6) is 11.5 Å². The van der Waals surface area contributed by atoms with Gasteiger partial charge in [-0.2, -0.15) is 0 Å². The molecule has 10 heteroatoms. The lowest BCUT2D eigenvalue weighted by atomic mass is 10.2. The van der Waals surface area contributed by atoms with Crippen molar-refractivity contribution >= 4 is 39.1 Å². The largest absolute Gasteiger partial charge is 0.497 e. The highest BCUT2D eigenvalue weighted by atomic mass is 32.1. The summed E-state index contributed by atoms with van der Waals surface area (Å²) in [6, 6.07) is 5.09. The van der Waals surface area contributed by atoms with Gasteiger partial charge in [0.2, 0.25) is 5.91 Å². The summed E-state index contributed by atoms with van der Waals surface area (Å²) in [4.78, 5) is 45.5. The first-order valence-corrected chi connectivity index (χ1v) is 11.0. The van der Waals surface area contributed by atoms with Crippen molar-refractivity contribution in [3.63, 3.8) is 0 Å². The van der Waals surface area contributed by atoms with Crippen LogP contribution >= 0.6 is 11.3 Å². The second kappa shape index (κ2) is 8.99. The Morgan fingerprint density at radius 1 is 1.19 bits per heavy atom. The van der Waals surface area contributed by atoms with Gasteiger partial charge in [-0.1, -0.05) is 0 Å². The number of hydrogen-bond donors (Lipinski definition) is 1. The number of nitrogens with zero attached hydrogens (tertiary/aromatic N) is 3. The van der Waals surface area contributed by atoms with E-state index in [0.717, 1.165) is 37.3 Å². The summed E-state index contributed by atoms with van der Waals surface area (Å²) in [6.07, 6.45) is 3.34. The molecule has 2 aromatic heterocycles. The zero-order valence-corrected chi connectivity index (χ0v) is 19.0. The zero-order valence-electron chi connectivity index (χ0n) is 18.1. The Morgan fingerprint density at radius 2 is 1.94 bits per heavy atom. The normalized spacial score (nSPS) is 13.4. The van der Waals surface area contributed by atoms with Crippen LogP contribution in [0.1, 0.15) is 28.1 Å². The fraction of sp³-hybridized carbons (Fsp3) is 0.364. The van der Waals surface area contributed by atoms with Crippen LogP contribution in [0.15, 0.2) is 29.3 Å². The molecule has 0 saturated carbocycles. The van der Waals surface area contributed by atoms with Crippen molar-refractivity contribution in [3.8, 4) is 11.5 Å². The number of likely N-dealkylation sites (tertiary alicyclic amines) is 1.